The zero-order chi connectivity index (χ0) is 24.7. The van der Waals surface area contributed by atoms with Crippen molar-refractivity contribution in [3.63, 3.8) is 0 Å². The molecule has 0 radical (unpaired) electrons. The lowest BCUT2D eigenvalue weighted by molar-refractivity contribution is -0.142. The number of carboxylic acid groups (broad SMARTS) is 1. The minimum absolute atomic E-state index is 0.0751. The van der Waals surface area contributed by atoms with Crippen molar-refractivity contribution >= 4 is 41.4 Å². The van der Waals surface area contributed by atoms with Gasteiger partial charge in [0.25, 0.3) is 5.91 Å². The van der Waals surface area contributed by atoms with Gasteiger partial charge in [-0.15, -0.1) is 11.8 Å². The van der Waals surface area contributed by atoms with Crippen molar-refractivity contribution < 1.29 is 29.1 Å². The zero-order valence-corrected chi connectivity index (χ0v) is 19.2. The first-order valence-electron chi connectivity index (χ1n) is 10.8. The van der Waals surface area contributed by atoms with Gasteiger partial charge >= 0.3 is 5.97 Å². The van der Waals surface area contributed by atoms with Crippen molar-refractivity contribution in [3.05, 3.63) is 35.4 Å². The normalized spacial score (nSPS) is 20.1. The second-order valence-corrected chi connectivity index (χ2v) is 8.91. The van der Waals surface area contributed by atoms with Crippen molar-refractivity contribution in [2.24, 2.45) is 0 Å². The first-order valence-corrected chi connectivity index (χ1v) is 11.9. The predicted molar refractivity (Wildman–Crippen MR) is 122 cm³/mol. The van der Waals surface area contributed by atoms with Crippen LogP contribution in [0.1, 0.15) is 28.8 Å². The number of amides is 4. The van der Waals surface area contributed by atoms with Gasteiger partial charge in [0.05, 0.1) is 29.7 Å². The molecule has 0 bridgehead atoms. The van der Waals surface area contributed by atoms with Crippen LogP contribution in [0, 0.1) is 11.3 Å². The third-order valence-electron chi connectivity index (χ3n) is 5.60. The standard InChI is InChI=1S/C22H25N5O6S/c23-10-14-3-5-15(6-4-14)22(33)26-8-9-27(18(28)12-34-13-19(29)30)17(11-26)21(32)25-16-2-1-7-24-20(16)31/h3-6,16-17H,1-2,7-9,11-13H2,(H,24,31)(H,25,32)(H,29,30)/t16-,17+/m1/s1. The Morgan fingerprint density at radius 3 is 2.56 bits per heavy atom. The zero-order valence-electron chi connectivity index (χ0n) is 18.4. The van der Waals surface area contributed by atoms with E-state index in [1.807, 2.05) is 6.07 Å². The van der Waals surface area contributed by atoms with Crippen molar-refractivity contribution in [3.8, 4) is 6.07 Å². The van der Waals surface area contributed by atoms with E-state index in [1.54, 1.807) is 0 Å². The number of carbonyl (C=O) groups excluding carboxylic acids is 4. The van der Waals surface area contributed by atoms with Gasteiger partial charge in [-0.25, -0.2) is 0 Å². The fourth-order valence-corrected chi connectivity index (χ4v) is 4.46. The minimum Gasteiger partial charge on any atom is -0.481 e. The van der Waals surface area contributed by atoms with Crippen LogP contribution in [-0.4, -0.2) is 94.3 Å². The van der Waals surface area contributed by atoms with Gasteiger partial charge in [-0.1, -0.05) is 0 Å². The van der Waals surface area contributed by atoms with E-state index in [1.165, 1.54) is 34.1 Å². The minimum atomic E-state index is -1.05. The van der Waals surface area contributed by atoms with Gasteiger partial charge in [-0.3, -0.25) is 24.0 Å². The van der Waals surface area contributed by atoms with E-state index in [0.29, 0.717) is 30.5 Å². The van der Waals surface area contributed by atoms with E-state index in [-0.39, 0.29) is 43.0 Å². The SMILES string of the molecule is N#Cc1ccc(C(=O)N2CCN(C(=O)CSCC(=O)O)[C@H](C(=O)N[C@@H]3CCCNC3=O)C2)cc1. The maximum absolute atomic E-state index is 13.1. The van der Waals surface area contributed by atoms with E-state index < -0.39 is 29.9 Å². The Hall–Kier alpha value is -3.59. The van der Waals surface area contributed by atoms with Gasteiger partial charge in [0.15, 0.2) is 0 Å². The third-order valence-corrected chi connectivity index (χ3v) is 6.51. The summed E-state index contributed by atoms with van der Waals surface area (Å²) >= 11 is 0.927. The molecule has 0 saturated carbocycles. The number of carboxylic acids is 1. The average molecular weight is 488 g/mol. The number of thioether (sulfide) groups is 1. The number of piperazine rings is 1. The van der Waals surface area contributed by atoms with Gasteiger partial charge in [0.1, 0.15) is 12.1 Å². The molecule has 1 aromatic rings. The summed E-state index contributed by atoms with van der Waals surface area (Å²) in [5, 5.41) is 23.1. The summed E-state index contributed by atoms with van der Waals surface area (Å²) < 4.78 is 0. The molecule has 0 unspecified atom stereocenters. The number of rotatable bonds is 7. The number of hydrogen-bond donors (Lipinski definition) is 3. The molecular weight excluding hydrogens is 462 g/mol. The summed E-state index contributed by atoms with van der Waals surface area (Å²) in [6, 6.07) is 6.36. The van der Waals surface area contributed by atoms with Gasteiger partial charge in [-0.05, 0) is 37.1 Å². The summed E-state index contributed by atoms with van der Waals surface area (Å²) in [5.74, 6) is -3.01. The lowest BCUT2D eigenvalue weighted by Gasteiger charge is -2.41. The Labute approximate surface area is 200 Å². The highest BCUT2D eigenvalue weighted by molar-refractivity contribution is 8.00. The fourth-order valence-electron chi connectivity index (χ4n) is 3.85. The average Bonchev–Trinajstić information content (AvgIpc) is 2.84. The molecular formula is C22H25N5O6S. The smallest absolute Gasteiger partial charge is 0.313 e. The number of benzene rings is 1. The van der Waals surface area contributed by atoms with Gasteiger partial charge in [0.2, 0.25) is 17.7 Å². The molecule has 0 spiro atoms. The van der Waals surface area contributed by atoms with Crippen LogP contribution in [0.3, 0.4) is 0 Å². The topological polar surface area (TPSA) is 160 Å². The second kappa shape index (κ2) is 11.5. The molecule has 12 heteroatoms. The van der Waals surface area contributed by atoms with Crippen LogP contribution < -0.4 is 10.6 Å². The van der Waals surface area contributed by atoms with Crippen LogP contribution in [0.15, 0.2) is 24.3 Å². The number of nitrogens with one attached hydrogen (secondary N) is 2. The van der Waals surface area contributed by atoms with Crippen LogP contribution >= 0.6 is 11.8 Å². The highest BCUT2D eigenvalue weighted by Gasteiger charge is 2.38. The van der Waals surface area contributed by atoms with Crippen molar-refractivity contribution in [2.75, 3.05) is 37.7 Å². The Morgan fingerprint density at radius 1 is 1.18 bits per heavy atom. The summed E-state index contributed by atoms with van der Waals surface area (Å²) in [7, 11) is 0. The summed E-state index contributed by atoms with van der Waals surface area (Å²) in [4.78, 5) is 64.6. The lowest BCUT2D eigenvalue weighted by atomic mass is 10.0. The summed E-state index contributed by atoms with van der Waals surface area (Å²) in [6.07, 6.45) is 1.18. The maximum Gasteiger partial charge on any atom is 0.313 e. The number of nitriles is 1. The maximum atomic E-state index is 13.1. The number of aliphatic carboxylic acids is 1. The number of hydrogen-bond acceptors (Lipinski definition) is 7. The molecule has 2 atom stereocenters. The number of carbonyl (C=O) groups is 5. The second-order valence-electron chi connectivity index (χ2n) is 7.92. The van der Waals surface area contributed by atoms with E-state index in [4.69, 9.17) is 10.4 Å². The van der Waals surface area contributed by atoms with E-state index in [9.17, 15) is 24.0 Å². The number of nitrogens with zero attached hydrogens (tertiary/aromatic N) is 3. The first kappa shape index (κ1) is 25.0. The molecule has 4 amide bonds. The van der Waals surface area contributed by atoms with Crippen LogP contribution in [-0.2, 0) is 19.2 Å². The summed E-state index contributed by atoms with van der Waals surface area (Å²) in [5.41, 5.74) is 0.760. The third kappa shape index (κ3) is 6.26. The Balaban J connectivity index is 1.74. The van der Waals surface area contributed by atoms with Crippen LogP contribution in [0.25, 0.3) is 0 Å². The molecule has 3 rings (SSSR count). The number of piperidine rings is 1. The van der Waals surface area contributed by atoms with Crippen molar-refractivity contribution in [2.45, 2.75) is 24.9 Å². The molecule has 0 aromatic heterocycles. The van der Waals surface area contributed by atoms with Crippen molar-refractivity contribution in [1.29, 1.82) is 5.26 Å². The fraction of sp³-hybridized carbons (Fsp3) is 0.455. The molecule has 3 N–H and O–H groups in total. The van der Waals surface area contributed by atoms with Gasteiger partial charge in [0, 0.05) is 25.2 Å². The molecule has 2 fully saturated rings. The molecule has 1 aromatic carbocycles. The van der Waals surface area contributed by atoms with Crippen LogP contribution in [0.5, 0.6) is 0 Å². The van der Waals surface area contributed by atoms with Gasteiger partial charge in [-0.2, -0.15) is 5.26 Å². The molecule has 2 heterocycles. The largest absolute Gasteiger partial charge is 0.481 e. The van der Waals surface area contributed by atoms with Gasteiger partial charge < -0.3 is 25.5 Å². The molecule has 180 valence electrons. The Morgan fingerprint density at radius 2 is 1.91 bits per heavy atom. The van der Waals surface area contributed by atoms with Crippen molar-refractivity contribution in [1.82, 2.24) is 20.4 Å². The predicted octanol–water partition coefficient (Wildman–Crippen LogP) is -0.576. The highest BCUT2D eigenvalue weighted by atomic mass is 32.2. The lowest BCUT2D eigenvalue weighted by Crippen LogP contribution is -2.64. The highest BCUT2D eigenvalue weighted by Crippen LogP contribution is 2.17. The monoisotopic (exact) mass is 487 g/mol. The quantitative estimate of drug-likeness (QED) is 0.461. The Kier molecular flexibility index (Phi) is 8.48. The molecule has 2 saturated heterocycles. The molecule has 2 aliphatic heterocycles. The first-order chi connectivity index (χ1) is 16.3. The van der Waals surface area contributed by atoms with Crippen LogP contribution in [0.2, 0.25) is 0 Å². The van der Waals surface area contributed by atoms with E-state index >= 15 is 0 Å². The molecule has 34 heavy (non-hydrogen) atoms. The van der Waals surface area contributed by atoms with Crippen LogP contribution in [0.4, 0.5) is 0 Å². The molecule has 0 aliphatic carbocycles. The Bertz CT molecular complexity index is 1010. The summed E-state index contributed by atoms with van der Waals surface area (Å²) in [6.45, 7) is 0.729. The van der Waals surface area contributed by atoms with E-state index in [0.717, 1.165) is 11.8 Å². The molecule has 11 nitrogen and oxygen atoms in total. The van der Waals surface area contributed by atoms with E-state index in [2.05, 4.69) is 10.6 Å². The molecule has 2 aliphatic rings.